The van der Waals surface area contributed by atoms with Crippen molar-refractivity contribution >= 4 is 5.91 Å². The lowest BCUT2D eigenvalue weighted by Crippen LogP contribution is -2.33. The van der Waals surface area contributed by atoms with E-state index in [0.717, 1.165) is 56.2 Å². The number of carbonyl (C=O) groups excluding carboxylic acids is 1. The monoisotopic (exact) mass is 317 g/mol. The molecule has 2 aliphatic rings. The maximum atomic E-state index is 12.6. The highest BCUT2D eigenvalue weighted by molar-refractivity contribution is 5.94. The number of benzene rings is 1. The molecular weight excluding hydrogens is 290 g/mol. The third-order valence-electron chi connectivity index (χ3n) is 4.52. The summed E-state index contributed by atoms with van der Waals surface area (Å²) in [4.78, 5) is 14.6. The second-order valence-corrected chi connectivity index (χ2v) is 6.66. The van der Waals surface area contributed by atoms with Crippen LogP contribution in [0.3, 0.4) is 0 Å². The molecule has 126 valence electrons. The van der Waals surface area contributed by atoms with Crippen molar-refractivity contribution < 1.29 is 14.3 Å². The molecule has 0 bridgehead atoms. The van der Waals surface area contributed by atoms with Crippen molar-refractivity contribution in [2.75, 3.05) is 26.3 Å². The highest BCUT2D eigenvalue weighted by Crippen LogP contribution is 2.30. The molecule has 4 nitrogen and oxygen atoms in total. The predicted molar refractivity (Wildman–Crippen MR) is 89.8 cm³/mol. The number of carbonyl (C=O) groups is 1. The molecule has 1 saturated heterocycles. The van der Waals surface area contributed by atoms with Crippen molar-refractivity contribution in [1.82, 2.24) is 4.90 Å². The number of nitrogens with zero attached hydrogens (tertiary/aromatic N) is 1. The average molecular weight is 317 g/mol. The number of amides is 1. The molecule has 1 heterocycles. The van der Waals surface area contributed by atoms with Gasteiger partial charge in [0, 0.05) is 25.3 Å². The lowest BCUT2D eigenvalue weighted by Gasteiger charge is -2.22. The first-order valence-electron chi connectivity index (χ1n) is 8.90. The summed E-state index contributed by atoms with van der Waals surface area (Å²) in [6.45, 7) is 5.30. The van der Waals surface area contributed by atoms with Crippen LogP contribution in [0.5, 0.6) is 5.75 Å². The molecule has 1 aliphatic carbocycles. The summed E-state index contributed by atoms with van der Waals surface area (Å²) in [7, 11) is 0. The number of hydrogen-bond acceptors (Lipinski definition) is 3. The summed E-state index contributed by atoms with van der Waals surface area (Å²) in [6.07, 6.45) is 5.95. The van der Waals surface area contributed by atoms with Gasteiger partial charge in [-0.15, -0.1) is 0 Å². The topological polar surface area (TPSA) is 38.8 Å². The molecular formula is C19H27NO3. The highest BCUT2D eigenvalue weighted by atomic mass is 16.5. The van der Waals surface area contributed by atoms with E-state index in [1.165, 1.54) is 12.8 Å². The predicted octanol–water partition coefficient (Wildman–Crippen LogP) is 3.51. The summed E-state index contributed by atoms with van der Waals surface area (Å²) in [5.74, 6) is 1.67. The summed E-state index contributed by atoms with van der Waals surface area (Å²) >= 11 is 0. The standard InChI is InChI=1S/C19H27NO3/c1-2-11-20(13-15-5-6-15)19(21)16-7-9-17(10-8-16)23-14-18-4-3-12-22-18/h7-10,15,18H,2-6,11-14H2,1H3. The van der Waals surface area contributed by atoms with E-state index in [1.54, 1.807) is 0 Å². The van der Waals surface area contributed by atoms with Crippen molar-refractivity contribution in [2.24, 2.45) is 5.92 Å². The molecule has 2 fully saturated rings. The number of hydrogen-bond donors (Lipinski definition) is 0. The van der Waals surface area contributed by atoms with E-state index < -0.39 is 0 Å². The van der Waals surface area contributed by atoms with Gasteiger partial charge in [-0.1, -0.05) is 6.92 Å². The summed E-state index contributed by atoms with van der Waals surface area (Å²) in [5, 5.41) is 0. The Balaban J connectivity index is 1.54. The van der Waals surface area contributed by atoms with Crippen molar-refractivity contribution in [1.29, 1.82) is 0 Å². The molecule has 0 aromatic heterocycles. The minimum Gasteiger partial charge on any atom is -0.491 e. The van der Waals surface area contributed by atoms with Crippen LogP contribution in [0.15, 0.2) is 24.3 Å². The van der Waals surface area contributed by atoms with Crippen LogP contribution in [-0.2, 0) is 4.74 Å². The number of rotatable bonds is 8. The molecule has 0 N–H and O–H groups in total. The summed E-state index contributed by atoms with van der Waals surface area (Å²) in [5.41, 5.74) is 0.753. The van der Waals surface area contributed by atoms with E-state index in [4.69, 9.17) is 9.47 Å². The zero-order valence-corrected chi connectivity index (χ0v) is 14.0. The van der Waals surface area contributed by atoms with Gasteiger partial charge in [0.05, 0.1) is 6.10 Å². The van der Waals surface area contributed by atoms with Gasteiger partial charge < -0.3 is 14.4 Å². The molecule has 4 heteroatoms. The van der Waals surface area contributed by atoms with Crippen LogP contribution >= 0.6 is 0 Å². The fourth-order valence-electron chi connectivity index (χ4n) is 3.00. The van der Waals surface area contributed by atoms with Crippen LogP contribution in [0.2, 0.25) is 0 Å². The lowest BCUT2D eigenvalue weighted by atomic mass is 10.1. The first-order chi connectivity index (χ1) is 11.3. The molecule has 1 aromatic carbocycles. The third-order valence-corrected chi connectivity index (χ3v) is 4.52. The molecule has 23 heavy (non-hydrogen) atoms. The molecule has 0 spiro atoms. The Labute approximate surface area is 138 Å². The Bertz CT molecular complexity index is 504. The fraction of sp³-hybridized carbons (Fsp3) is 0.632. The molecule has 1 unspecified atom stereocenters. The molecule has 3 rings (SSSR count). The zero-order valence-electron chi connectivity index (χ0n) is 14.0. The second kappa shape index (κ2) is 7.82. The van der Waals surface area contributed by atoms with Crippen LogP contribution in [0.1, 0.15) is 49.4 Å². The quantitative estimate of drug-likeness (QED) is 0.736. The van der Waals surface area contributed by atoms with Crippen LogP contribution in [-0.4, -0.2) is 43.2 Å². The lowest BCUT2D eigenvalue weighted by molar-refractivity contribution is 0.0678. The largest absolute Gasteiger partial charge is 0.491 e. The SMILES string of the molecule is CCCN(CC1CC1)C(=O)c1ccc(OCC2CCCO2)cc1. The van der Waals surface area contributed by atoms with Gasteiger partial charge in [-0.3, -0.25) is 4.79 Å². The summed E-state index contributed by atoms with van der Waals surface area (Å²) < 4.78 is 11.3. The van der Waals surface area contributed by atoms with Crippen molar-refractivity contribution in [2.45, 2.75) is 45.1 Å². The second-order valence-electron chi connectivity index (χ2n) is 6.66. The molecule has 0 radical (unpaired) electrons. The first-order valence-corrected chi connectivity index (χ1v) is 8.90. The van der Waals surface area contributed by atoms with Gasteiger partial charge in [-0.2, -0.15) is 0 Å². The smallest absolute Gasteiger partial charge is 0.253 e. The van der Waals surface area contributed by atoms with Gasteiger partial charge >= 0.3 is 0 Å². The Morgan fingerprint density at radius 3 is 2.65 bits per heavy atom. The van der Waals surface area contributed by atoms with E-state index in [9.17, 15) is 4.79 Å². The van der Waals surface area contributed by atoms with Crippen LogP contribution < -0.4 is 4.74 Å². The normalized spacial score (nSPS) is 20.5. The van der Waals surface area contributed by atoms with Gasteiger partial charge in [0.15, 0.2) is 0 Å². The average Bonchev–Trinajstić information content (AvgIpc) is 3.24. The van der Waals surface area contributed by atoms with Gasteiger partial charge in [-0.05, 0) is 62.3 Å². The Morgan fingerprint density at radius 2 is 2.04 bits per heavy atom. The van der Waals surface area contributed by atoms with Crippen molar-refractivity contribution in [3.05, 3.63) is 29.8 Å². The van der Waals surface area contributed by atoms with Gasteiger partial charge in [-0.25, -0.2) is 0 Å². The van der Waals surface area contributed by atoms with Crippen LogP contribution in [0.25, 0.3) is 0 Å². The van der Waals surface area contributed by atoms with Crippen LogP contribution in [0, 0.1) is 5.92 Å². The Hall–Kier alpha value is -1.55. The maximum Gasteiger partial charge on any atom is 0.253 e. The van der Waals surface area contributed by atoms with Crippen molar-refractivity contribution in [3.8, 4) is 5.75 Å². The van der Waals surface area contributed by atoms with E-state index in [-0.39, 0.29) is 12.0 Å². The van der Waals surface area contributed by atoms with Gasteiger partial charge in [0.25, 0.3) is 5.91 Å². The minimum absolute atomic E-state index is 0.143. The highest BCUT2D eigenvalue weighted by Gasteiger charge is 2.26. The van der Waals surface area contributed by atoms with Gasteiger partial charge in [0.2, 0.25) is 0 Å². The fourth-order valence-corrected chi connectivity index (χ4v) is 3.00. The Morgan fingerprint density at radius 1 is 1.26 bits per heavy atom. The van der Waals surface area contributed by atoms with E-state index in [2.05, 4.69) is 6.92 Å². The zero-order chi connectivity index (χ0) is 16.1. The van der Waals surface area contributed by atoms with Crippen LogP contribution in [0.4, 0.5) is 0 Å². The van der Waals surface area contributed by atoms with E-state index in [0.29, 0.717) is 6.61 Å². The molecule has 1 aliphatic heterocycles. The Kier molecular flexibility index (Phi) is 5.55. The third kappa shape index (κ3) is 4.71. The minimum atomic E-state index is 0.143. The van der Waals surface area contributed by atoms with Crippen molar-refractivity contribution in [3.63, 3.8) is 0 Å². The summed E-state index contributed by atoms with van der Waals surface area (Å²) in [6, 6.07) is 7.54. The molecule has 1 atom stereocenters. The number of ether oxygens (including phenoxy) is 2. The first kappa shape index (κ1) is 16.3. The molecule has 1 amide bonds. The van der Waals surface area contributed by atoms with E-state index in [1.807, 2.05) is 29.2 Å². The molecule has 1 saturated carbocycles. The van der Waals surface area contributed by atoms with Gasteiger partial charge in [0.1, 0.15) is 12.4 Å². The van der Waals surface area contributed by atoms with E-state index >= 15 is 0 Å². The molecule has 1 aromatic rings. The maximum absolute atomic E-state index is 12.6.